The van der Waals surface area contributed by atoms with E-state index in [1.807, 2.05) is 0 Å². The van der Waals surface area contributed by atoms with E-state index < -0.39 is 0 Å². The Morgan fingerprint density at radius 3 is 0.840 bits per heavy atom. The van der Waals surface area contributed by atoms with E-state index in [4.69, 9.17) is 0 Å². The van der Waals surface area contributed by atoms with Crippen molar-refractivity contribution in [2.24, 2.45) is 17.3 Å². The fourth-order valence-corrected chi connectivity index (χ4v) is 3.57. The molecule has 0 saturated carbocycles. The SMILES string of the molecule is CCC(CC)(CC)CC.CCC(CC)CC(CC)CC.CCCCC. The average molecular weight is 357 g/mol. The van der Waals surface area contributed by atoms with Crippen molar-refractivity contribution in [1.29, 1.82) is 0 Å². The molecule has 0 aliphatic carbocycles. The van der Waals surface area contributed by atoms with Gasteiger partial charge in [-0.05, 0) is 23.7 Å². The van der Waals surface area contributed by atoms with Gasteiger partial charge in [-0.2, -0.15) is 0 Å². The van der Waals surface area contributed by atoms with Crippen LogP contribution >= 0.6 is 0 Å². The Kier molecular flexibility index (Phi) is 26.2. The summed E-state index contributed by atoms with van der Waals surface area (Å²) < 4.78 is 0. The number of unbranched alkanes of at least 4 members (excludes halogenated alkanes) is 2. The second kappa shape index (κ2) is 22.0. The Morgan fingerprint density at radius 1 is 0.480 bits per heavy atom. The molecular weight excluding hydrogens is 300 g/mol. The molecule has 0 aromatic rings. The lowest BCUT2D eigenvalue weighted by molar-refractivity contribution is 0.240. The molecule has 0 nitrogen and oxygen atoms in total. The number of hydrogen-bond acceptors (Lipinski definition) is 0. The molecule has 25 heavy (non-hydrogen) atoms. The van der Waals surface area contributed by atoms with Gasteiger partial charge in [0.25, 0.3) is 0 Å². The Labute approximate surface area is 164 Å². The smallest absolute Gasteiger partial charge is 0.0308 e. The first-order valence-corrected chi connectivity index (χ1v) is 11.9. The molecule has 0 radical (unpaired) electrons. The van der Waals surface area contributed by atoms with Crippen molar-refractivity contribution < 1.29 is 0 Å². The summed E-state index contributed by atoms with van der Waals surface area (Å²) in [6.07, 6.45) is 16.4. The molecule has 0 rings (SSSR count). The Bertz CT molecular complexity index is 177. The van der Waals surface area contributed by atoms with Crippen molar-refractivity contribution in [3.63, 3.8) is 0 Å². The predicted molar refractivity (Wildman–Crippen MR) is 122 cm³/mol. The van der Waals surface area contributed by atoms with Crippen LogP contribution in [0.15, 0.2) is 0 Å². The monoisotopic (exact) mass is 356 g/mol. The summed E-state index contributed by atoms with van der Waals surface area (Å²) in [6, 6.07) is 0. The second-order valence-corrected chi connectivity index (χ2v) is 7.87. The molecule has 0 aliphatic heterocycles. The molecule has 0 aromatic heterocycles. The third-order valence-electron chi connectivity index (χ3n) is 6.68. The standard InChI is InChI=1S/C11H24.C9H20.C5H12/c1-5-10(6-2)9-11(7-3)8-4;1-5-9(6-2,7-3)8-4;1-3-5-4-2/h10-11H,5-9H2,1-4H3;5-8H2,1-4H3;3-5H2,1-2H3. The maximum atomic E-state index is 2.32. The van der Waals surface area contributed by atoms with Gasteiger partial charge in [0.2, 0.25) is 0 Å². The third-order valence-corrected chi connectivity index (χ3v) is 6.68. The number of hydrogen-bond donors (Lipinski definition) is 0. The van der Waals surface area contributed by atoms with E-state index >= 15 is 0 Å². The van der Waals surface area contributed by atoms with Crippen LogP contribution in [0.2, 0.25) is 0 Å². The highest BCUT2D eigenvalue weighted by Gasteiger charge is 2.20. The molecule has 0 N–H and O–H groups in total. The number of rotatable bonds is 12. The molecule has 0 heterocycles. The predicted octanol–water partition coefficient (Wildman–Crippen LogP) is 10.1. The van der Waals surface area contributed by atoms with Crippen LogP contribution in [0, 0.1) is 17.3 Å². The Hall–Kier alpha value is 0. The first-order chi connectivity index (χ1) is 11.9. The van der Waals surface area contributed by atoms with Crippen LogP contribution in [0.3, 0.4) is 0 Å². The van der Waals surface area contributed by atoms with Crippen LogP contribution in [-0.4, -0.2) is 0 Å². The Morgan fingerprint density at radius 2 is 0.760 bits per heavy atom. The van der Waals surface area contributed by atoms with Crippen molar-refractivity contribution in [2.45, 2.75) is 146 Å². The molecule has 0 bridgehead atoms. The molecule has 0 spiro atoms. The fraction of sp³-hybridized carbons (Fsp3) is 1.00. The van der Waals surface area contributed by atoms with Gasteiger partial charge < -0.3 is 0 Å². The summed E-state index contributed by atoms with van der Waals surface area (Å²) in [5, 5.41) is 0. The molecule has 0 fully saturated rings. The molecule has 0 aliphatic rings. The highest BCUT2D eigenvalue weighted by molar-refractivity contribution is 4.72. The van der Waals surface area contributed by atoms with Gasteiger partial charge in [-0.15, -0.1) is 0 Å². The normalized spacial score (nSPS) is 11.0. The minimum atomic E-state index is 0.667. The van der Waals surface area contributed by atoms with Gasteiger partial charge in [-0.1, -0.05) is 140 Å². The van der Waals surface area contributed by atoms with Crippen LogP contribution < -0.4 is 0 Å². The topological polar surface area (TPSA) is 0 Å². The van der Waals surface area contributed by atoms with E-state index in [0.29, 0.717) is 5.41 Å². The zero-order valence-corrected chi connectivity index (χ0v) is 20.1. The van der Waals surface area contributed by atoms with E-state index in [2.05, 4.69) is 69.2 Å². The molecule has 0 saturated heterocycles. The van der Waals surface area contributed by atoms with Crippen molar-refractivity contribution in [1.82, 2.24) is 0 Å². The molecular formula is C25H56. The molecule has 0 amide bonds. The largest absolute Gasteiger partial charge is 0.0654 e. The van der Waals surface area contributed by atoms with Gasteiger partial charge in [0.05, 0.1) is 0 Å². The van der Waals surface area contributed by atoms with Gasteiger partial charge in [0.15, 0.2) is 0 Å². The summed E-state index contributed by atoms with van der Waals surface area (Å²) in [6.45, 7) is 22.9. The van der Waals surface area contributed by atoms with E-state index in [0.717, 1.165) is 11.8 Å². The summed E-state index contributed by atoms with van der Waals surface area (Å²) in [5.41, 5.74) is 0.667. The van der Waals surface area contributed by atoms with E-state index in [-0.39, 0.29) is 0 Å². The summed E-state index contributed by atoms with van der Waals surface area (Å²) in [4.78, 5) is 0. The Balaban J connectivity index is -0.000000311. The van der Waals surface area contributed by atoms with Gasteiger partial charge in [0, 0.05) is 0 Å². The molecule has 156 valence electrons. The van der Waals surface area contributed by atoms with Crippen LogP contribution in [0.4, 0.5) is 0 Å². The molecule has 0 atom stereocenters. The second-order valence-electron chi connectivity index (χ2n) is 7.87. The van der Waals surface area contributed by atoms with Crippen molar-refractivity contribution in [3.8, 4) is 0 Å². The van der Waals surface area contributed by atoms with E-state index in [1.165, 1.54) is 77.0 Å². The van der Waals surface area contributed by atoms with Gasteiger partial charge in [-0.25, -0.2) is 0 Å². The minimum absolute atomic E-state index is 0.667. The summed E-state index contributed by atoms with van der Waals surface area (Å²) in [5.74, 6) is 1.97. The van der Waals surface area contributed by atoms with Gasteiger partial charge >= 0.3 is 0 Å². The van der Waals surface area contributed by atoms with E-state index in [1.54, 1.807) is 0 Å². The van der Waals surface area contributed by atoms with Crippen LogP contribution in [-0.2, 0) is 0 Å². The lowest BCUT2D eigenvalue weighted by Crippen LogP contribution is -2.15. The van der Waals surface area contributed by atoms with E-state index in [9.17, 15) is 0 Å². The average Bonchev–Trinajstić information content (AvgIpc) is 2.67. The minimum Gasteiger partial charge on any atom is -0.0654 e. The lowest BCUT2D eigenvalue weighted by atomic mass is 9.78. The fourth-order valence-electron chi connectivity index (χ4n) is 3.57. The summed E-state index contributed by atoms with van der Waals surface area (Å²) in [7, 11) is 0. The zero-order valence-electron chi connectivity index (χ0n) is 20.1. The maximum Gasteiger partial charge on any atom is -0.0308 e. The molecule has 0 heteroatoms. The van der Waals surface area contributed by atoms with Gasteiger partial charge in [0.1, 0.15) is 0 Å². The van der Waals surface area contributed by atoms with Gasteiger partial charge in [-0.3, -0.25) is 0 Å². The maximum absolute atomic E-state index is 2.32. The van der Waals surface area contributed by atoms with Crippen LogP contribution in [0.25, 0.3) is 0 Å². The zero-order chi connectivity index (χ0) is 20.1. The third kappa shape index (κ3) is 17.2. The lowest BCUT2D eigenvalue weighted by Gasteiger charge is -2.28. The highest BCUT2D eigenvalue weighted by atomic mass is 14.3. The first-order valence-electron chi connectivity index (χ1n) is 11.9. The quantitative estimate of drug-likeness (QED) is 0.326. The van der Waals surface area contributed by atoms with Crippen LogP contribution in [0.5, 0.6) is 0 Å². The highest BCUT2D eigenvalue weighted by Crippen LogP contribution is 2.33. The first kappa shape index (κ1) is 29.8. The molecule has 0 aromatic carbocycles. The molecule has 0 unspecified atom stereocenters. The van der Waals surface area contributed by atoms with Crippen LogP contribution in [0.1, 0.15) is 146 Å². The van der Waals surface area contributed by atoms with Crippen molar-refractivity contribution >= 4 is 0 Å². The van der Waals surface area contributed by atoms with Crippen molar-refractivity contribution in [3.05, 3.63) is 0 Å². The summed E-state index contributed by atoms with van der Waals surface area (Å²) >= 11 is 0. The van der Waals surface area contributed by atoms with Crippen molar-refractivity contribution in [2.75, 3.05) is 0 Å².